The molecule has 4 aromatic rings. The third kappa shape index (κ3) is 13.1. The van der Waals surface area contributed by atoms with E-state index in [0.717, 1.165) is 75.6 Å². The van der Waals surface area contributed by atoms with E-state index in [1.54, 1.807) is 0 Å². The SMILES string of the molecule is CC1(C)C(/C=C/C2=C(Oc3ccc(CCC(=O)NNc4nc(Cl)nc(Cl)n4)cc3)C(=C/C=C3/N(CCCCS(=O)(=O)O)c4ccccc4C3(C)C)/CCC2)=[N+](CCCCS(=O)(=O)O)c2ccccc21. The summed E-state index contributed by atoms with van der Waals surface area (Å²) < 4.78 is 74.2. The minimum atomic E-state index is -4.08. The molecule has 0 atom stereocenters. The van der Waals surface area contributed by atoms with Crippen molar-refractivity contribution in [2.75, 3.05) is 34.9 Å². The van der Waals surface area contributed by atoms with E-state index >= 15 is 0 Å². The minimum absolute atomic E-state index is 0.00979. The van der Waals surface area contributed by atoms with E-state index in [0.29, 0.717) is 50.9 Å². The zero-order valence-electron chi connectivity index (χ0n) is 39.1. The lowest BCUT2D eigenvalue weighted by atomic mass is 9.81. The van der Waals surface area contributed by atoms with Crippen LogP contribution >= 0.6 is 23.2 Å². The number of rotatable bonds is 20. The van der Waals surface area contributed by atoms with Gasteiger partial charge in [-0.1, -0.05) is 68.5 Å². The van der Waals surface area contributed by atoms with E-state index in [4.69, 9.17) is 27.9 Å². The zero-order chi connectivity index (χ0) is 49.6. The van der Waals surface area contributed by atoms with Gasteiger partial charge in [0.25, 0.3) is 20.2 Å². The molecular weight excluding hydrogens is 962 g/mol. The van der Waals surface area contributed by atoms with Crippen molar-refractivity contribution < 1.29 is 40.0 Å². The van der Waals surface area contributed by atoms with Crippen LogP contribution in [0.15, 0.2) is 120 Å². The van der Waals surface area contributed by atoms with Crippen LogP contribution in [0.25, 0.3) is 0 Å². The van der Waals surface area contributed by atoms with Crippen molar-refractivity contribution in [1.82, 2.24) is 20.4 Å². The van der Waals surface area contributed by atoms with Crippen LogP contribution in [-0.2, 0) is 42.3 Å². The Morgan fingerprint density at radius 1 is 0.797 bits per heavy atom. The Kier molecular flexibility index (Phi) is 16.2. The van der Waals surface area contributed by atoms with Crippen molar-refractivity contribution in [3.8, 4) is 5.75 Å². The number of carbonyl (C=O) groups excluding carboxylic acids is 1. The molecule has 0 unspecified atom stereocenters. The number of nitrogens with zero attached hydrogens (tertiary/aromatic N) is 5. The van der Waals surface area contributed by atoms with Crippen molar-refractivity contribution in [2.45, 2.75) is 96.3 Å². The Morgan fingerprint density at radius 2 is 1.45 bits per heavy atom. The number of aromatic nitrogens is 3. The molecule has 0 bridgehead atoms. The predicted molar refractivity (Wildman–Crippen MR) is 271 cm³/mol. The van der Waals surface area contributed by atoms with E-state index in [2.05, 4.69) is 112 Å². The van der Waals surface area contributed by atoms with Crippen molar-refractivity contribution >= 4 is 72.4 Å². The number of anilines is 2. The summed E-state index contributed by atoms with van der Waals surface area (Å²) in [5.41, 5.74) is 13.9. The molecule has 4 N–H and O–H groups in total. The summed E-state index contributed by atoms with van der Waals surface area (Å²) in [6, 6.07) is 24.1. The number of unbranched alkanes of at least 4 members (excludes halogenated alkanes) is 2. The molecule has 2 aliphatic heterocycles. The molecule has 0 spiro atoms. The summed E-state index contributed by atoms with van der Waals surface area (Å²) in [6.07, 6.45) is 13.3. The fourth-order valence-electron chi connectivity index (χ4n) is 9.25. The summed E-state index contributed by atoms with van der Waals surface area (Å²) >= 11 is 11.7. The number of fused-ring (bicyclic) bond motifs is 2. The standard InChI is InChI=1S/C50H57Cl2N7O8S2/c1-49(2)38-16-5-7-18-40(38)58(30-9-11-32-68(61,62)63)42(49)27-23-35-14-13-15-36(24-28-43-50(3,4)39-17-6-8-19-41(39)59(43)31-10-12-33-69(64,65)66)45(35)67-37-25-20-34(21-26-37)22-29-44(60)56-57-48-54-46(51)53-47(52)55-48/h5-8,16-21,23-28H,9-15,22,29-33H2,1-4H3,(H3-,53,54,55,56,57,60,61,62,63,64,65,66)/p+1. The number of hydrogen-bond acceptors (Lipinski definition) is 11. The van der Waals surface area contributed by atoms with Crippen LogP contribution in [0.2, 0.25) is 10.6 Å². The lowest BCUT2D eigenvalue weighted by Crippen LogP contribution is -2.30. The molecule has 69 heavy (non-hydrogen) atoms. The van der Waals surface area contributed by atoms with Gasteiger partial charge in [-0.2, -0.15) is 36.4 Å². The topological polar surface area (TPSA) is 204 Å². The zero-order valence-corrected chi connectivity index (χ0v) is 42.2. The Bertz CT molecular complexity index is 2950. The first kappa shape index (κ1) is 51.4. The number of aryl methyl sites for hydroxylation is 1. The lowest BCUT2D eigenvalue weighted by Gasteiger charge is -2.27. The van der Waals surface area contributed by atoms with Crippen LogP contribution < -0.4 is 20.5 Å². The maximum Gasteiger partial charge on any atom is 0.264 e. The molecule has 1 aromatic heterocycles. The Morgan fingerprint density at radius 3 is 2.14 bits per heavy atom. The first-order valence-corrected chi connectivity index (χ1v) is 26.9. The van der Waals surface area contributed by atoms with Crippen LogP contribution in [0.1, 0.15) is 95.8 Å². The number of carbonyl (C=O) groups is 1. The second kappa shape index (κ2) is 21.7. The van der Waals surface area contributed by atoms with Gasteiger partial charge in [0.15, 0.2) is 5.71 Å². The number of amides is 1. The normalized spacial score (nSPS) is 17.8. The van der Waals surface area contributed by atoms with Gasteiger partial charge in [0, 0.05) is 53.9 Å². The average molecular weight is 1020 g/mol. The number of ether oxygens (including phenoxy) is 1. The molecule has 15 nitrogen and oxygen atoms in total. The second-order valence-corrected chi connectivity index (χ2v) is 22.2. The van der Waals surface area contributed by atoms with Crippen LogP contribution in [-0.4, -0.2) is 81.7 Å². The predicted octanol–water partition coefficient (Wildman–Crippen LogP) is 9.65. The number of allylic oxidation sites excluding steroid dienone is 7. The molecule has 3 aromatic carbocycles. The highest BCUT2D eigenvalue weighted by atomic mass is 35.5. The number of nitrogens with one attached hydrogen (secondary N) is 2. The fourth-order valence-corrected chi connectivity index (χ4v) is 10.8. The first-order valence-electron chi connectivity index (χ1n) is 22.9. The highest BCUT2D eigenvalue weighted by Crippen LogP contribution is 2.48. The summed E-state index contributed by atoms with van der Waals surface area (Å²) in [6.45, 7) is 9.88. The van der Waals surface area contributed by atoms with E-state index in [9.17, 15) is 30.7 Å². The number of halogens is 2. The summed E-state index contributed by atoms with van der Waals surface area (Å²) in [5, 5.41) is -0.225. The van der Waals surface area contributed by atoms with Gasteiger partial charge in [-0.05, 0) is 135 Å². The van der Waals surface area contributed by atoms with Crippen molar-refractivity contribution in [3.05, 3.63) is 147 Å². The Balaban J connectivity index is 1.21. The molecule has 0 radical (unpaired) electrons. The van der Waals surface area contributed by atoms with E-state index in [1.165, 1.54) is 0 Å². The third-order valence-corrected chi connectivity index (χ3v) is 14.7. The minimum Gasteiger partial charge on any atom is -0.457 e. The van der Waals surface area contributed by atoms with E-state index < -0.39 is 20.2 Å². The molecule has 3 aliphatic rings. The average Bonchev–Trinajstić information content (AvgIpc) is 3.64. The summed E-state index contributed by atoms with van der Waals surface area (Å²) in [7, 11) is -8.15. The largest absolute Gasteiger partial charge is 0.457 e. The molecule has 3 heterocycles. The van der Waals surface area contributed by atoms with Gasteiger partial charge in [0.1, 0.15) is 18.1 Å². The first-order chi connectivity index (χ1) is 32.7. The van der Waals surface area contributed by atoms with Gasteiger partial charge >= 0.3 is 0 Å². The molecule has 366 valence electrons. The number of benzene rings is 3. The molecule has 0 saturated carbocycles. The summed E-state index contributed by atoms with van der Waals surface area (Å²) in [4.78, 5) is 26.4. The molecule has 7 rings (SSSR count). The van der Waals surface area contributed by atoms with Gasteiger partial charge in [0.05, 0.1) is 16.9 Å². The molecule has 19 heteroatoms. The third-order valence-electron chi connectivity index (χ3n) is 12.7. The van der Waals surface area contributed by atoms with Crippen LogP contribution in [0, 0.1) is 0 Å². The molecule has 1 amide bonds. The Hall–Kier alpha value is -5.43. The molecular formula is C50H58Cl2N7O8S2+. The number of para-hydroxylation sites is 2. The maximum atomic E-state index is 12.7. The van der Waals surface area contributed by atoms with E-state index in [-0.39, 0.29) is 51.2 Å². The second-order valence-electron chi connectivity index (χ2n) is 18.4. The van der Waals surface area contributed by atoms with Gasteiger partial charge in [-0.3, -0.25) is 24.8 Å². The number of hydrogen-bond donors (Lipinski definition) is 4. The molecule has 1 aliphatic carbocycles. The monoisotopic (exact) mass is 1020 g/mol. The smallest absolute Gasteiger partial charge is 0.264 e. The number of hydrazine groups is 1. The van der Waals surface area contributed by atoms with Crippen LogP contribution in [0.4, 0.5) is 17.3 Å². The van der Waals surface area contributed by atoms with Crippen molar-refractivity contribution in [1.29, 1.82) is 0 Å². The van der Waals surface area contributed by atoms with E-state index in [1.807, 2.05) is 48.5 Å². The van der Waals surface area contributed by atoms with Crippen molar-refractivity contribution in [2.24, 2.45) is 0 Å². The molecule has 0 fully saturated rings. The fraction of sp³-hybridized carbons (Fsp3) is 0.380. The van der Waals surface area contributed by atoms with Gasteiger partial charge in [-0.15, -0.1) is 0 Å². The van der Waals surface area contributed by atoms with Gasteiger partial charge in [-0.25, -0.2) is 0 Å². The highest BCUT2D eigenvalue weighted by Gasteiger charge is 2.44. The van der Waals surface area contributed by atoms with Crippen LogP contribution in [0.3, 0.4) is 0 Å². The highest BCUT2D eigenvalue weighted by molar-refractivity contribution is 7.86. The maximum absolute atomic E-state index is 12.7. The molecule has 0 saturated heterocycles. The van der Waals surface area contributed by atoms with Crippen LogP contribution in [0.5, 0.6) is 5.75 Å². The summed E-state index contributed by atoms with van der Waals surface area (Å²) in [5.74, 6) is 0.458. The Labute approximate surface area is 414 Å². The van der Waals surface area contributed by atoms with Crippen molar-refractivity contribution in [3.63, 3.8) is 0 Å². The van der Waals surface area contributed by atoms with Gasteiger partial charge < -0.3 is 9.64 Å². The lowest BCUT2D eigenvalue weighted by molar-refractivity contribution is -0.438. The van der Waals surface area contributed by atoms with Gasteiger partial charge in [0.2, 0.25) is 28.1 Å². The quantitative estimate of drug-likeness (QED) is 0.0282.